The van der Waals surface area contributed by atoms with Crippen LogP contribution in [-0.2, 0) is 6.18 Å². The van der Waals surface area contributed by atoms with Gasteiger partial charge in [-0.2, -0.15) is 13.2 Å². The van der Waals surface area contributed by atoms with Crippen molar-refractivity contribution in [2.45, 2.75) is 6.18 Å². The van der Waals surface area contributed by atoms with Gasteiger partial charge in [0.05, 0.1) is 24.0 Å². The largest absolute Gasteiger partial charge is 0.530 e. The average molecular weight is 278 g/mol. The molecule has 0 aliphatic rings. The van der Waals surface area contributed by atoms with Crippen molar-refractivity contribution in [3.63, 3.8) is 0 Å². The van der Waals surface area contributed by atoms with Gasteiger partial charge in [-0.05, 0) is 6.07 Å². The maximum absolute atomic E-state index is 12.5. The van der Waals surface area contributed by atoms with Gasteiger partial charge in [-0.3, -0.25) is 0 Å². The number of carbonyl (C=O) groups is 1. The molecule has 0 unspecified atom stereocenters. The fourth-order valence-electron chi connectivity index (χ4n) is 1.14. The second-order valence-corrected chi connectivity index (χ2v) is 3.44. The third-order valence-corrected chi connectivity index (χ3v) is 2.21. The van der Waals surface area contributed by atoms with Gasteiger partial charge < -0.3 is 14.8 Å². The molecule has 1 heterocycles. The Hall–Kier alpha value is -1.94. The van der Waals surface area contributed by atoms with E-state index in [1.54, 1.807) is 0 Å². The van der Waals surface area contributed by atoms with E-state index in [-0.39, 0.29) is 5.69 Å². The van der Waals surface area contributed by atoms with Gasteiger partial charge in [-0.1, -0.05) is 17.5 Å². The normalized spacial score (nSPS) is 10.8. The van der Waals surface area contributed by atoms with Crippen LogP contribution in [0.2, 0.25) is 5.15 Å². The van der Waals surface area contributed by atoms with E-state index in [1.807, 2.05) is 5.92 Å². The van der Waals surface area contributed by atoms with Gasteiger partial charge in [0.15, 0.2) is 0 Å². The molecule has 0 radical (unpaired) electrons. The molecule has 1 rings (SSSR count). The van der Waals surface area contributed by atoms with E-state index in [4.69, 9.17) is 18.0 Å². The van der Waals surface area contributed by atoms with Gasteiger partial charge in [0.2, 0.25) is 0 Å². The fourth-order valence-corrected chi connectivity index (χ4v) is 1.35. The standard InChI is InChI=1S/C10H6ClF3N2O2/c1-2-3-16(9(17)18)6-4-7(10(12,13)14)8(11)15-5-6/h1,4-5H,3H2,(H,17,18)/p-1. The lowest BCUT2D eigenvalue weighted by atomic mass is 10.2. The smallest absolute Gasteiger partial charge is 0.419 e. The molecule has 0 aromatic carbocycles. The molecule has 0 fully saturated rings. The average Bonchev–Trinajstić information content (AvgIpc) is 2.25. The number of hydrogen-bond donors (Lipinski definition) is 0. The molecule has 0 atom stereocenters. The van der Waals surface area contributed by atoms with Crippen LogP contribution in [-0.4, -0.2) is 17.6 Å². The van der Waals surface area contributed by atoms with E-state index in [2.05, 4.69) is 4.98 Å². The zero-order valence-corrected chi connectivity index (χ0v) is 9.42. The SMILES string of the molecule is C#CCN(C(=O)[O-])c1cnc(Cl)c(C(F)(F)F)c1. The molecule has 1 aromatic rings. The van der Waals surface area contributed by atoms with Crippen molar-refractivity contribution in [1.82, 2.24) is 4.98 Å². The number of carbonyl (C=O) groups excluding carboxylic acids is 1. The van der Waals surface area contributed by atoms with Gasteiger partial charge >= 0.3 is 6.18 Å². The second kappa shape index (κ2) is 5.14. The molecule has 4 nitrogen and oxygen atoms in total. The van der Waals surface area contributed by atoms with Crippen LogP contribution in [0.5, 0.6) is 0 Å². The number of alkyl halides is 3. The van der Waals surface area contributed by atoms with Crippen LogP contribution in [0.1, 0.15) is 5.56 Å². The van der Waals surface area contributed by atoms with Crippen molar-refractivity contribution in [3.05, 3.63) is 23.0 Å². The first-order chi connectivity index (χ1) is 8.27. The number of hydrogen-bond acceptors (Lipinski definition) is 3. The van der Waals surface area contributed by atoms with Crippen LogP contribution < -0.4 is 10.0 Å². The van der Waals surface area contributed by atoms with Crippen molar-refractivity contribution in [2.24, 2.45) is 0 Å². The van der Waals surface area contributed by atoms with Crippen molar-refractivity contribution in [1.29, 1.82) is 0 Å². The number of rotatable bonds is 2. The number of terminal acetylenes is 1. The molecule has 96 valence electrons. The first-order valence-corrected chi connectivity index (χ1v) is 4.80. The summed E-state index contributed by atoms with van der Waals surface area (Å²) in [5.41, 5.74) is -1.60. The molecule has 1 amide bonds. The molecule has 0 spiro atoms. The highest BCUT2D eigenvalue weighted by atomic mass is 35.5. The quantitative estimate of drug-likeness (QED) is 0.608. The summed E-state index contributed by atoms with van der Waals surface area (Å²) < 4.78 is 37.6. The van der Waals surface area contributed by atoms with Crippen LogP contribution in [0.4, 0.5) is 23.7 Å². The minimum Gasteiger partial charge on any atom is -0.530 e. The molecular formula is C10H5ClF3N2O2-. The molecule has 0 saturated carbocycles. The maximum Gasteiger partial charge on any atom is 0.419 e. The molecule has 18 heavy (non-hydrogen) atoms. The predicted octanol–water partition coefficient (Wildman–Crippen LogP) is 1.54. The third kappa shape index (κ3) is 3.05. The molecular weight excluding hydrogens is 273 g/mol. The fraction of sp³-hybridized carbons (Fsp3) is 0.200. The van der Waals surface area contributed by atoms with E-state index in [0.29, 0.717) is 11.0 Å². The summed E-state index contributed by atoms with van der Waals surface area (Å²) in [6.07, 6.45) is -0.701. The van der Waals surface area contributed by atoms with E-state index >= 15 is 0 Å². The summed E-state index contributed by atoms with van der Waals surface area (Å²) in [7, 11) is 0. The first-order valence-electron chi connectivity index (χ1n) is 4.42. The highest BCUT2D eigenvalue weighted by Crippen LogP contribution is 2.35. The van der Waals surface area contributed by atoms with Gasteiger partial charge in [-0.15, -0.1) is 6.42 Å². The summed E-state index contributed by atoms with van der Waals surface area (Å²) in [5.74, 6) is 1.98. The van der Waals surface area contributed by atoms with Crippen molar-refractivity contribution >= 4 is 23.4 Å². The number of carboxylic acid groups (broad SMARTS) is 1. The zero-order valence-electron chi connectivity index (χ0n) is 8.66. The maximum atomic E-state index is 12.5. The third-order valence-electron chi connectivity index (χ3n) is 1.91. The lowest BCUT2D eigenvalue weighted by Gasteiger charge is -2.23. The van der Waals surface area contributed by atoms with Crippen LogP contribution in [0.25, 0.3) is 0 Å². The molecule has 0 aliphatic heterocycles. The molecule has 1 aromatic heterocycles. The minimum atomic E-state index is -4.74. The minimum absolute atomic E-state index is 0.357. The van der Waals surface area contributed by atoms with Crippen molar-refractivity contribution in [3.8, 4) is 12.3 Å². The van der Waals surface area contributed by atoms with E-state index in [1.165, 1.54) is 0 Å². The zero-order chi connectivity index (χ0) is 13.9. The Morgan fingerprint density at radius 1 is 1.61 bits per heavy atom. The molecule has 0 aliphatic carbocycles. The monoisotopic (exact) mass is 277 g/mol. The number of amides is 1. The van der Waals surface area contributed by atoms with Crippen molar-refractivity contribution < 1.29 is 23.1 Å². The van der Waals surface area contributed by atoms with Crippen LogP contribution in [0.3, 0.4) is 0 Å². The molecule has 8 heteroatoms. The topological polar surface area (TPSA) is 56.3 Å². The predicted molar refractivity (Wildman–Crippen MR) is 55.8 cm³/mol. The van der Waals surface area contributed by atoms with Gasteiger partial charge in [0.1, 0.15) is 11.2 Å². The van der Waals surface area contributed by atoms with E-state index < -0.39 is 29.5 Å². The lowest BCUT2D eigenvalue weighted by Crippen LogP contribution is -2.41. The Bertz CT molecular complexity index is 511. The van der Waals surface area contributed by atoms with Gasteiger partial charge in [0.25, 0.3) is 0 Å². The number of pyridine rings is 1. The summed E-state index contributed by atoms with van der Waals surface area (Å²) >= 11 is 5.29. The first kappa shape index (κ1) is 14.1. The molecule has 0 N–H and O–H groups in total. The van der Waals surface area contributed by atoms with Crippen molar-refractivity contribution in [2.75, 3.05) is 11.4 Å². The summed E-state index contributed by atoms with van der Waals surface area (Å²) in [6, 6.07) is 0.544. The number of aromatic nitrogens is 1. The molecule has 0 bridgehead atoms. The number of nitrogens with zero attached hydrogens (tertiary/aromatic N) is 2. The van der Waals surface area contributed by atoms with E-state index in [9.17, 15) is 23.1 Å². The Kier molecular flexibility index (Phi) is 4.03. The Labute approximate surface area is 105 Å². The Morgan fingerprint density at radius 2 is 2.22 bits per heavy atom. The van der Waals surface area contributed by atoms with Crippen LogP contribution in [0.15, 0.2) is 12.3 Å². The Morgan fingerprint density at radius 3 is 2.67 bits per heavy atom. The lowest BCUT2D eigenvalue weighted by molar-refractivity contribution is -0.246. The van der Waals surface area contributed by atoms with E-state index in [0.717, 1.165) is 6.20 Å². The van der Waals surface area contributed by atoms with Gasteiger partial charge in [-0.25, -0.2) is 4.98 Å². The number of halogens is 4. The second-order valence-electron chi connectivity index (χ2n) is 3.09. The van der Waals surface area contributed by atoms with Gasteiger partial charge in [0, 0.05) is 0 Å². The van der Waals surface area contributed by atoms with Crippen LogP contribution in [0, 0.1) is 12.3 Å². The highest BCUT2D eigenvalue weighted by molar-refractivity contribution is 6.30. The highest BCUT2D eigenvalue weighted by Gasteiger charge is 2.34. The Balaban J connectivity index is 3.27. The molecule has 0 saturated heterocycles. The summed E-state index contributed by atoms with van der Waals surface area (Å²) in [6.45, 7) is -0.455. The summed E-state index contributed by atoms with van der Waals surface area (Å²) in [5, 5.41) is 9.94. The summed E-state index contributed by atoms with van der Waals surface area (Å²) in [4.78, 5) is 14.4. The van der Waals surface area contributed by atoms with Crippen LogP contribution >= 0.6 is 11.6 Å². The number of anilines is 1.